The van der Waals surface area contributed by atoms with Crippen molar-refractivity contribution in [1.82, 2.24) is 5.32 Å². The molecule has 4 nitrogen and oxygen atoms in total. The van der Waals surface area contributed by atoms with E-state index < -0.39 is 0 Å². The normalized spacial score (nSPS) is 48.0. The molecule has 0 aromatic carbocycles. The van der Waals surface area contributed by atoms with E-state index in [1.807, 2.05) is 6.92 Å². The Labute approximate surface area is 245 Å². The highest BCUT2D eigenvalue weighted by Gasteiger charge is 2.71. The number of amides is 1. The highest BCUT2D eigenvalue weighted by Crippen LogP contribution is 2.77. The Bertz CT molecular complexity index is 1050. The number of methoxy groups -OCH3 is 1. The monoisotopic (exact) mass is 553 g/mol. The van der Waals surface area contributed by atoms with Crippen molar-refractivity contribution in [2.75, 3.05) is 13.7 Å². The maximum absolute atomic E-state index is 14.2. The van der Waals surface area contributed by atoms with E-state index in [0.717, 1.165) is 43.4 Å². The maximum atomic E-state index is 14.2. The van der Waals surface area contributed by atoms with Gasteiger partial charge in [-0.2, -0.15) is 0 Å². The summed E-state index contributed by atoms with van der Waals surface area (Å²) < 4.78 is 4.93. The zero-order valence-electron chi connectivity index (χ0n) is 27.3. The minimum atomic E-state index is -0.337. The molecule has 0 aliphatic heterocycles. The van der Waals surface area contributed by atoms with E-state index in [4.69, 9.17) is 4.74 Å². The fourth-order valence-electron chi connectivity index (χ4n) is 12.4. The second-order valence-electron chi connectivity index (χ2n) is 16.7. The van der Waals surface area contributed by atoms with Gasteiger partial charge in [0.1, 0.15) is 0 Å². The fourth-order valence-corrected chi connectivity index (χ4v) is 12.4. The van der Waals surface area contributed by atoms with E-state index in [9.17, 15) is 9.59 Å². The Morgan fingerprint density at radius 3 is 2.25 bits per heavy atom. The number of fused-ring (bicyclic) bond motifs is 7. The van der Waals surface area contributed by atoms with Gasteiger partial charge in [-0.1, -0.05) is 60.6 Å². The van der Waals surface area contributed by atoms with Gasteiger partial charge in [0.15, 0.2) is 0 Å². The second-order valence-corrected chi connectivity index (χ2v) is 16.7. The van der Waals surface area contributed by atoms with E-state index in [1.165, 1.54) is 51.2 Å². The third kappa shape index (κ3) is 3.95. The molecule has 1 amide bonds. The zero-order valence-corrected chi connectivity index (χ0v) is 27.3. The van der Waals surface area contributed by atoms with Crippen LogP contribution in [0.1, 0.15) is 120 Å². The summed E-state index contributed by atoms with van der Waals surface area (Å²) in [6.07, 6.45) is 12.1. The third-order valence-corrected chi connectivity index (χ3v) is 15.2. The lowest BCUT2D eigenvalue weighted by molar-refractivity contribution is -0.240. The van der Waals surface area contributed by atoms with Crippen LogP contribution >= 0.6 is 0 Å². The molecule has 5 aliphatic carbocycles. The first-order valence-corrected chi connectivity index (χ1v) is 16.6. The van der Waals surface area contributed by atoms with Gasteiger partial charge in [-0.05, 0) is 128 Å². The van der Waals surface area contributed by atoms with Gasteiger partial charge < -0.3 is 10.1 Å². The van der Waals surface area contributed by atoms with Crippen LogP contribution in [0, 0.1) is 68.5 Å². The highest BCUT2D eigenvalue weighted by molar-refractivity contribution is 5.84. The third-order valence-electron chi connectivity index (χ3n) is 15.2. The van der Waals surface area contributed by atoms with E-state index in [-0.39, 0.29) is 28.6 Å². The van der Waals surface area contributed by atoms with E-state index >= 15 is 0 Å². The van der Waals surface area contributed by atoms with Gasteiger partial charge >= 0.3 is 5.97 Å². The number of rotatable bonds is 5. The van der Waals surface area contributed by atoms with Crippen LogP contribution in [0.5, 0.6) is 0 Å². The van der Waals surface area contributed by atoms with Gasteiger partial charge in [0, 0.05) is 6.54 Å². The van der Waals surface area contributed by atoms with Crippen LogP contribution in [0.15, 0.2) is 12.2 Å². The average molecular weight is 554 g/mol. The van der Waals surface area contributed by atoms with Crippen LogP contribution in [0.25, 0.3) is 0 Å². The molecule has 11 atom stereocenters. The lowest BCUT2D eigenvalue weighted by atomic mass is 9.32. The van der Waals surface area contributed by atoms with E-state index in [2.05, 4.69) is 60.4 Å². The van der Waals surface area contributed by atoms with Crippen LogP contribution in [-0.4, -0.2) is 25.5 Å². The van der Waals surface area contributed by atoms with Gasteiger partial charge in [-0.25, -0.2) is 0 Å². The van der Waals surface area contributed by atoms with Crippen molar-refractivity contribution >= 4 is 11.9 Å². The maximum Gasteiger partial charge on any atom is 0.310 e. The summed E-state index contributed by atoms with van der Waals surface area (Å²) in [6, 6.07) is 0. The lowest BCUT2D eigenvalue weighted by Gasteiger charge is -2.73. The fraction of sp³-hybridized carbons (Fsp3) is 0.889. The van der Waals surface area contributed by atoms with Crippen LogP contribution in [-0.2, 0) is 14.3 Å². The molecule has 1 N–H and O–H groups in total. The molecule has 5 fully saturated rings. The van der Waals surface area contributed by atoms with Crippen molar-refractivity contribution in [2.24, 2.45) is 68.5 Å². The smallest absolute Gasteiger partial charge is 0.310 e. The Balaban J connectivity index is 1.48. The molecular formula is C36H59NO3. The van der Waals surface area contributed by atoms with Crippen LogP contribution in [0.2, 0.25) is 0 Å². The molecule has 0 heterocycles. The summed E-state index contributed by atoms with van der Waals surface area (Å²) in [5.74, 6) is 3.28. The standard InChI is InChI=1S/C36H59NO3/c1-22(2)25-14-18-36(31(39)37-21-23(3)30(38)40-10)20-19-34(8)26(29(25)36)11-12-28-33(7)16-13-24(4)32(5,6)27(33)15-17-35(28,34)9/h23-29H,1,11-21H2,2-10H3,(H,37,39). The molecule has 5 rings (SSSR count). The quantitative estimate of drug-likeness (QED) is 0.276. The van der Waals surface area contributed by atoms with Crippen molar-refractivity contribution in [2.45, 2.75) is 120 Å². The molecular weight excluding hydrogens is 494 g/mol. The summed E-state index contributed by atoms with van der Waals surface area (Å²) >= 11 is 0. The summed E-state index contributed by atoms with van der Waals surface area (Å²) in [5.41, 5.74) is 2.29. The number of allylic oxidation sites excluding steroid dienone is 1. The van der Waals surface area contributed by atoms with Crippen molar-refractivity contribution in [3.63, 3.8) is 0 Å². The summed E-state index contributed by atoms with van der Waals surface area (Å²) in [6.45, 7) is 24.5. The van der Waals surface area contributed by atoms with E-state index in [0.29, 0.717) is 40.5 Å². The molecule has 5 aliphatic rings. The minimum absolute atomic E-state index is 0.185. The summed E-state index contributed by atoms with van der Waals surface area (Å²) in [4.78, 5) is 26.2. The van der Waals surface area contributed by atoms with Gasteiger partial charge in [-0.3, -0.25) is 9.59 Å². The molecule has 0 aromatic heterocycles. The number of hydrogen-bond acceptors (Lipinski definition) is 3. The minimum Gasteiger partial charge on any atom is -0.469 e. The first kappa shape index (κ1) is 30.1. The lowest BCUT2D eigenvalue weighted by Crippen LogP contribution is -2.67. The van der Waals surface area contributed by atoms with Crippen LogP contribution in [0.4, 0.5) is 0 Å². The molecule has 4 heteroatoms. The molecule has 5 saturated carbocycles. The topological polar surface area (TPSA) is 55.4 Å². The Morgan fingerprint density at radius 1 is 0.900 bits per heavy atom. The molecule has 226 valence electrons. The number of nitrogens with one attached hydrogen (secondary N) is 1. The van der Waals surface area contributed by atoms with Crippen molar-refractivity contribution in [3.8, 4) is 0 Å². The van der Waals surface area contributed by atoms with Gasteiger partial charge in [0.05, 0.1) is 18.4 Å². The number of ether oxygens (including phenoxy) is 1. The first-order chi connectivity index (χ1) is 18.6. The second kappa shape index (κ2) is 9.87. The van der Waals surface area contributed by atoms with Gasteiger partial charge in [0.25, 0.3) is 0 Å². The molecule has 0 saturated heterocycles. The SMILES string of the molecule is C=C(C)C1CCC2(C(=O)NCC(C)C(=O)OC)CCC3(C)C(CCC4C5(C)CCC(C)C(C)(C)C5CCC43C)C12. The van der Waals surface area contributed by atoms with Gasteiger partial charge in [0.2, 0.25) is 5.91 Å². The number of carbonyl (C=O) groups is 2. The number of esters is 1. The number of hydrogen-bond donors (Lipinski definition) is 1. The molecule has 0 aromatic rings. The van der Waals surface area contributed by atoms with Crippen molar-refractivity contribution in [3.05, 3.63) is 12.2 Å². The predicted octanol–water partition coefficient (Wildman–Crippen LogP) is 8.21. The summed E-state index contributed by atoms with van der Waals surface area (Å²) in [5, 5.41) is 3.25. The Morgan fingerprint density at radius 2 is 1.60 bits per heavy atom. The Kier molecular flexibility index (Phi) is 7.44. The van der Waals surface area contributed by atoms with Crippen molar-refractivity contribution in [1.29, 1.82) is 0 Å². The van der Waals surface area contributed by atoms with Gasteiger partial charge in [-0.15, -0.1) is 0 Å². The van der Waals surface area contributed by atoms with E-state index in [1.54, 1.807) is 0 Å². The molecule has 0 spiro atoms. The van der Waals surface area contributed by atoms with Crippen LogP contribution in [0.3, 0.4) is 0 Å². The average Bonchev–Trinajstić information content (AvgIpc) is 3.30. The zero-order chi connectivity index (χ0) is 29.5. The molecule has 0 radical (unpaired) electrons. The van der Waals surface area contributed by atoms with Crippen LogP contribution < -0.4 is 5.32 Å². The predicted molar refractivity (Wildman–Crippen MR) is 162 cm³/mol. The molecule has 0 bridgehead atoms. The summed E-state index contributed by atoms with van der Waals surface area (Å²) in [7, 11) is 1.42. The molecule has 40 heavy (non-hydrogen) atoms. The Hall–Kier alpha value is -1.32. The number of carbonyl (C=O) groups excluding carboxylic acids is 2. The largest absolute Gasteiger partial charge is 0.469 e. The molecule has 11 unspecified atom stereocenters. The van der Waals surface area contributed by atoms with Crippen molar-refractivity contribution < 1.29 is 14.3 Å². The first-order valence-electron chi connectivity index (χ1n) is 16.6. The highest BCUT2D eigenvalue weighted by atomic mass is 16.5.